The van der Waals surface area contributed by atoms with Crippen LogP contribution in [0.5, 0.6) is 0 Å². The van der Waals surface area contributed by atoms with Crippen LogP contribution in [0, 0.1) is 5.92 Å². The molecule has 1 atom stereocenters. The Hall–Kier alpha value is -0.460. The van der Waals surface area contributed by atoms with Gasteiger partial charge in [-0.1, -0.05) is 18.3 Å². The molecule has 1 aromatic rings. The van der Waals surface area contributed by atoms with Crippen molar-refractivity contribution in [2.75, 3.05) is 19.0 Å². The van der Waals surface area contributed by atoms with E-state index >= 15 is 0 Å². The SMILES string of the molecule is COCC(C)CC(=O)Nc1ncc(Br)s1. The van der Waals surface area contributed by atoms with E-state index in [1.54, 1.807) is 13.3 Å². The lowest BCUT2D eigenvalue weighted by atomic mass is 10.1. The molecule has 0 bridgehead atoms. The smallest absolute Gasteiger partial charge is 0.226 e. The van der Waals surface area contributed by atoms with Crippen LogP contribution in [-0.2, 0) is 9.53 Å². The molecule has 4 nitrogen and oxygen atoms in total. The number of rotatable bonds is 5. The zero-order valence-corrected chi connectivity index (χ0v) is 11.0. The molecule has 0 aliphatic heterocycles. The molecule has 1 unspecified atom stereocenters. The van der Waals surface area contributed by atoms with Crippen LogP contribution in [0.2, 0.25) is 0 Å². The number of nitrogens with zero attached hydrogens (tertiary/aromatic N) is 1. The largest absolute Gasteiger partial charge is 0.384 e. The van der Waals surface area contributed by atoms with Crippen molar-refractivity contribution in [1.82, 2.24) is 4.98 Å². The van der Waals surface area contributed by atoms with Crippen molar-refractivity contribution < 1.29 is 9.53 Å². The number of aromatic nitrogens is 1. The first-order chi connectivity index (χ1) is 7.11. The van der Waals surface area contributed by atoms with Crippen molar-refractivity contribution in [1.29, 1.82) is 0 Å². The molecule has 0 spiro atoms. The average molecular weight is 293 g/mol. The summed E-state index contributed by atoms with van der Waals surface area (Å²) in [7, 11) is 1.63. The van der Waals surface area contributed by atoms with Gasteiger partial charge in [-0.3, -0.25) is 4.79 Å². The van der Waals surface area contributed by atoms with Crippen LogP contribution in [-0.4, -0.2) is 24.6 Å². The zero-order valence-electron chi connectivity index (χ0n) is 8.62. The van der Waals surface area contributed by atoms with E-state index in [4.69, 9.17) is 4.74 Å². The van der Waals surface area contributed by atoms with Crippen molar-refractivity contribution in [2.45, 2.75) is 13.3 Å². The van der Waals surface area contributed by atoms with E-state index in [2.05, 4.69) is 26.2 Å². The molecular weight excluding hydrogens is 280 g/mol. The number of hydrogen-bond donors (Lipinski definition) is 1. The van der Waals surface area contributed by atoms with Crippen molar-refractivity contribution in [3.63, 3.8) is 0 Å². The number of carbonyl (C=O) groups excluding carboxylic acids is 1. The Bertz CT molecular complexity index is 330. The van der Waals surface area contributed by atoms with Gasteiger partial charge in [0.25, 0.3) is 0 Å². The van der Waals surface area contributed by atoms with Gasteiger partial charge in [0.1, 0.15) is 0 Å². The molecule has 0 aromatic carbocycles. The van der Waals surface area contributed by atoms with Gasteiger partial charge in [0.15, 0.2) is 5.13 Å². The van der Waals surface area contributed by atoms with E-state index in [1.807, 2.05) is 6.92 Å². The first-order valence-corrected chi connectivity index (χ1v) is 6.13. The van der Waals surface area contributed by atoms with Gasteiger partial charge in [0.2, 0.25) is 5.91 Å². The minimum atomic E-state index is -0.0265. The Morgan fingerprint density at radius 2 is 2.53 bits per heavy atom. The van der Waals surface area contributed by atoms with E-state index in [1.165, 1.54) is 11.3 Å². The number of amides is 1. The van der Waals surface area contributed by atoms with Crippen LogP contribution < -0.4 is 5.32 Å². The third-order valence-electron chi connectivity index (χ3n) is 1.71. The van der Waals surface area contributed by atoms with Crippen molar-refractivity contribution >= 4 is 38.3 Å². The summed E-state index contributed by atoms with van der Waals surface area (Å²) in [5.41, 5.74) is 0. The number of thiazole rings is 1. The van der Waals surface area contributed by atoms with Crippen LogP contribution in [0.1, 0.15) is 13.3 Å². The number of nitrogens with one attached hydrogen (secondary N) is 1. The lowest BCUT2D eigenvalue weighted by Crippen LogP contribution is -2.17. The molecule has 0 saturated heterocycles. The highest BCUT2D eigenvalue weighted by atomic mass is 79.9. The zero-order chi connectivity index (χ0) is 11.3. The maximum atomic E-state index is 11.5. The fourth-order valence-electron chi connectivity index (χ4n) is 1.14. The Morgan fingerprint density at radius 1 is 1.80 bits per heavy atom. The highest BCUT2D eigenvalue weighted by Crippen LogP contribution is 2.23. The molecule has 1 heterocycles. The molecule has 0 radical (unpaired) electrons. The summed E-state index contributed by atoms with van der Waals surface area (Å²) in [5, 5.41) is 3.36. The topological polar surface area (TPSA) is 51.2 Å². The first kappa shape index (κ1) is 12.6. The van der Waals surface area contributed by atoms with Crippen LogP contribution in [0.3, 0.4) is 0 Å². The van der Waals surface area contributed by atoms with Gasteiger partial charge in [-0.15, -0.1) is 0 Å². The molecule has 0 aliphatic carbocycles. The number of hydrogen-bond acceptors (Lipinski definition) is 4. The molecule has 1 N–H and O–H groups in total. The molecular formula is C9H13BrN2O2S. The maximum absolute atomic E-state index is 11.5. The van der Waals surface area contributed by atoms with E-state index in [-0.39, 0.29) is 11.8 Å². The second-order valence-electron chi connectivity index (χ2n) is 3.28. The second kappa shape index (κ2) is 6.19. The summed E-state index contributed by atoms with van der Waals surface area (Å²) >= 11 is 4.68. The highest BCUT2D eigenvalue weighted by Gasteiger charge is 2.10. The van der Waals surface area contributed by atoms with Crippen molar-refractivity contribution in [3.05, 3.63) is 9.98 Å². The predicted molar refractivity (Wildman–Crippen MR) is 64.1 cm³/mol. The number of ether oxygens (including phenoxy) is 1. The Balaban J connectivity index is 2.36. The van der Waals surface area contributed by atoms with Crippen molar-refractivity contribution in [2.24, 2.45) is 5.92 Å². The summed E-state index contributed by atoms with van der Waals surface area (Å²) < 4.78 is 5.86. The van der Waals surface area contributed by atoms with Gasteiger partial charge in [-0.2, -0.15) is 0 Å². The minimum Gasteiger partial charge on any atom is -0.384 e. The molecule has 6 heteroatoms. The number of halogens is 1. The minimum absolute atomic E-state index is 0.0265. The number of anilines is 1. The molecule has 0 aliphatic rings. The molecule has 1 rings (SSSR count). The summed E-state index contributed by atoms with van der Waals surface area (Å²) in [4.78, 5) is 15.5. The van der Waals surface area contributed by atoms with Gasteiger partial charge >= 0.3 is 0 Å². The number of methoxy groups -OCH3 is 1. The Kier molecular flexibility index (Phi) is 5.21. The van der Waals surface area contributed by atoms with Gasteiger partial charge < -0.3 is 10.1 Å². The molecule has 84 valence electrons. The Morgan fingerprint density at radius 3 is 3.07 bits per heavy atom. The molecule has 1 amide bonds. The summed E-state index contributed by atoms with van der Waals surface area (Å²) in [6.07, 6.45) is 2.11. The van der Waals surface area contributed by atoms with Crippen LogP contribution >= 0.6 is 27.3 Å². The van der Waals surface area contributed by atoms with E-state index in [9.17, 15) is 4.79 Å². The highest BCUT2D eigenvalue weighted by molar-refractivity contribution is 9.11. The van der Waals surface area contributed by atoms with E-state index in [0.29, 0.717) is 18.2 Å². The van der Waals surface area contributed by atoms with E-state index in [0.717, 1.165) is 3.79 Å². The normalized spacial score (nSPS) is 12.5. The van der Waals surface area contributed by atoms with Gasteiger partial charge in [0.05, 0.1) is 9.98 Å². The number of carbonyl (C=O) groups is 1. The van der Waals surface area contributed by atoms with Crippen LogP contribution in [0.25, 0.3) is 0 Å². The van der Waals surface area contributed by atoms with Gasteiger partial charge in [0, 0.05) is 20.1 Å². The fraction of sp³-hybridized carbons (Fsp3) is 0.556. The monoisotopic (exact) mass is 292 g/mol. The standard InChI is InChI=1S/C9H13BrN2O2S/c1-6(5-14-2)3-8(13)12-9-11-4-7(10)15-9/h4,6H,3,5H2,1-2H3,(H,11,12,13). The quantitative estimate of drug-likeness (QED) is 0.907. The third-order valence-corrected chi connectivity index (χ3v) is 3.10. The molecule has 1 aromatic heterocycles. The third kappa shape index (κ3) is 4.72. The van der Waals surface area contributed by atoms with Crippen LogP contribution in [0.4, 0.5) is 5.13 Å². The van der Waals surface area contributed by atoms with E-state index < -0.39 is 0 Å². The fourth-order valence-corrected chi connectivity index (χ4v) is 2.27. The molecule has 0 fully saturated rings. The van der Waals surface area contributed by atoms with Gasteiger partial charge in [-0.25, -0.2) is 4.98 Å². The first-order valence-electron chi connectivity index (χ1n) is 4.52. The summed E-state index contributed by atoms with van der Waals surface area (Å²) in [6, 6.07) is 0. The lowest BCUT2D eigenvalue weighted by molar-refractivity contribution is -0.117. The maximum Gasteiger partial charge on any atom is 0.226 e. The van der Waals surface area contributed by atoms with Gasteiger partial charge in [-0.05, 0) is 21.8 Å². The molecule has 0 saturated carbocycles. The summed E-state index contributed by atoms with van der Waals surface area (Å²) in [6.45, 7) is 2.57. The summed E-state index contributed by atoms with van der Waals surface area (Å²) in [5.74, 6) is 0.194. The second-order valence-corrected chi connectivity index (χ2v) is 5.69. The lowest BCUT2D eigenvalue weighted by Gasteiger charge is -2.08. The Labute approximate surface area is 101 Å². The average Bonchev–Trinajstić information content (AvgIpc) is 2.51. The molecule has 15 heavy (non-hydrogen) atoms. The van der Waals surface area contributed by atoms with Crippen LogP contribution in [0.15, 0.2) is 9.98 Å². The van der Waals surface area contributed by atoms with Crippen molar-refractivity contribution in [3.8, 4) is 0 Å². The predicted octanol–water partition coefficient (Wildman–Crippen LogP) is 2.52.